The summed E-state index contributed by atoms with van der Waals surface area (Å²) in [6, 6.07) is 12.4. The Kier molecular flexibility index (Phi) is 5.69. The van der Waals surface area contributed by atoms with Gasteiger partial charge >= 0.3 is 0 Å². The molecular formula is C17H11BrCl3N3O. The molecule has 3 aromatic rings. The Hall–Kier alpha value is -1.53. The van der Waals surface area contributed by atoms with Gasteiger partial charge in [0.05, 0.1) is 16.6 Å². The van der Waals surface area contributed by atoms with Crippen LogP contribution in [0.5, 0.6) is 0 Å². The lowest BCUT2D eigenvalue weighted by Crippen LogP contribution is -2.13. The molecule has 1 N–H and O–H groups in total. The molecule has 8 heteroatoms. The third kappa shape index (κ3) is 4.55. The first-order valence-electron chi connectivity index (χ1n) is 7.16. The highest BCUT2D eigenvalue weighted by Gasteiger charge is 2.13. The summed E-state index contributed by atoms with van der Waals surface area (Å²) in [4.78, 5) is 12.3. The third-order valence-electron chi connectivity index (χ3n) is 3.36. The van der Waals surface area contributed by atoms with Crippen molar-refractivity contribution in [3.8, 4) is 0 Å². The van der Waals surface area contributed by atoms with Gasteiger partial charge in [-0.05, 0) is 35.9 Å². The molecule has 0 radical (unpaired) electrons. The Balaban J connectivity index is 1.76. The number of aromatic nitrogens is 2. The van der Waals surface area contributed by atoms with E-state index in [1.54, 1.807) is 41.2 Å². The highest BCUT2D eigenvalue weighted by atomic mass is 79.9. The summed E-state index contributed by atoms with van der Waals surface area (Å²) < 4.78 is 2.44. The second-order valence-electron chi connectivity index (χ2n) is 5.24. The molecule has 0 saturated carbocycles. The van der Waals surface area contributed by atoms with E-state index in [4.69, 9.17) is 34.8 Å². The maximum atomic E-state index is 12.3. The fourth-order valence-corrected chi connectivity index (χ4v) is 3.11. The normalized spacial score (nSPS) is 10.7. The van der Waals surface area contributed by atoms with Crippen LogP contribution in [0.4, 0.5) is 5.82 Å². The first-order chi connectivity index (χ1) is 11.9. The van der Waals surface area contributed by atoms with Gasteiger partial charge in [-0.15, -0.1) is 0 Å². The molecule has 4 nitrogen and oxygen atoms in total. The molecule has 25 heavy (non-hydrogen) atoms. The monoisotopic (exact) mass is 457 g/mol. The minimum atomic E-state index is -0.289. The Morgan fingerprint density at radius 3 is 2.60 bits per heavy atom. The van der Waals surface area contributed by atoms with E-state index in [-0.39, 0.29) is 5.91 Å². The van der Waals surface area contributed by atoms with Crippen LogP contribution in [0.3, 0.4) is 0 Å². The van der Waals surface area contributed by atoms with Crippen LogP contribution < -0.4 is 5.32 Å². The van der Waals surface area contributed by atoms with Crippen LogP contribution in [-0.4, -0.2) is 15.7 Å². The van der Waals surface area contributed by atoms with E-state index >= 15 is 0 Å². The van der Waals surface area contributed by atoms with Gasteiger partial charge in [-0.1, -0.05) is 62.9 Å². The summed E-state index contributed by atoms with van der Waals surface area (Å²) in [7, 11) is 0. The molecule has 0 aliphatic carbocycles. The number of nitrogens with zero attached hydrogens (tertiary/aromatic N) is 2. The summed E-state index contributed by atoms with van der Waals surface area (Å²) >= 11 is 21.4. The van der Waals surface area contributed by atoms with Crippen LogP contribution in [0.2, 0.25) is 15.1 Å². The van der Waals surface area contributed by atoms with E-state index < -0.39 is 0 Å². The lowest BCUT2D eigenvalue weighted by molar-refractivity contribution is 0.102. The van der Waals surface area contributed by atoms with Gasteiger partial charge in [-0.3, -0.25) is 9.48 Å². The second kappa shape index (κ2) is 7.79. The Labute approximate surface area is 167 Å². The number of rotatable bonds is 4. The van der Waals surface area contributed by atoms with Crippen molar-refractivity contribution in [2.24, 2.45) is 0 Å². The zero-order chi connectivity index (χ0) is 18.0. The van der Waals surface area contributed by atoms with Gasteiger partial charge in [0, 0.05) is 16.2 Å². The molecule has 0 unspecified atom stereocenters. The van der Waals surface area contributed by atoms with Crippen LogP contribution in [0.15, 0.2) is 53.1 Å². The molecule has 0 fully saturated rings. The number of nitrogens with one attached hydrogen (secondary N) is 1. The highest BCUT2D eigenvalue weighted by Crippen LogP contribution is 2.25. The van der Waals surface area contributed by atoms with Crippen molar-refractivity contribution in [1.82, 2.24) is 9.78 Å². The number of hydrogen-bond acceptors (Lipinski definition) is 2. The van der Waals surface area contributed by atoms with Gasteiger partial charge in [0.15, 0.2) is 5.82 Å². The van der Waals surface area contributed by atoms with Crippen LogP contribution >= 0.6 is 50.7 Å². The maximum absolute atomic E-state index is 12.3. The first-order valence-corrected chi connectivity index (χ1v) is 9.09. The van der Waals surface area contributed by atoms with Crippen LogP contribution in [0.1, 0.15) is 15.9 Å². The molecule has 0 saturated heterocycles. The number of carbonyl (C=O) groups is 1. The van der Waals surface area contributed by atoms with Gasteiger partial charge in [-0.2, -0.15) is 5.10 Å². The molecule has 0 spiro atoms. The van der Waals surface area contributed by atoms with Crippen LogP contribution in [0.25, 0.3) is 0 Å². The zero-order valence-corrected chi connectivity index (χ0v) is 16.5. The second-order valence-corrected chi connectivity index (χ2v) is 7.37. The molecule has 0 bridgehead atoms. The van der Waals surface area contributed by atoms with E-state index in [0.717, 1.165) is 10.0 Å². The minimum absolute atomic E-state index is 0.289. The molecule has 1 amide bonds. The van der Waals surface area contributed by atoms with Gasteiger partial charge < -0.3 is 5.32 Å². The molecule has 0 aliphatic rings. The van der Waals surface area contributed by atoms with E-state index in [0.29, 0.717) is 33.0 Å². The maximum Gasteiger partial charge on any atom is 0.256 e. The SMILES string of the molecule is O=C(Nc1nn(Cc2ccc(Cl)c(Cl)c2)cc1Cl)c1cccc(Br)c1. The van der Waals surface area contributed by atoms with Gasteiger partial charge in [0.2, 0.25) is 0 Å². The predicted molar refractivity (Wildman–Crippen MR) is 105 cm³/mol. The van der Waals surface area contributed by atoms with Crippen molar-refractivity contribution in [2.45, 2.75) is 6.54 Å². The molecule has 1 aromatic heterocycles. The van der Waals surface area contributed by atoms with Gasteiger partial charge in [0.25, 0.3) is 5.91 Å². The standard InChI is InChI=1S/C17H11BrCl3N3O/c18-12-3-1-2-11(7-12)17(25)22-16-15(21)9-24(23-16)8-10-4-5-13(19)14(20)6-10/h1-7,9H,8H2,(H,22,23,25). The third-order valence-corrected chi connectivity index (χ3v) is 4.87. The van der Waals surface area contributed by atoms with Crippen molar-refractivity contribution in [3.63, 3.8) is 0 Å². The van der Waals surface area contributed by atoms with Gasteiger partial charge in [0.1, 0.15) is 5.02 Å². The van der Waals surface area contributed by atoms with Crippen molar-refractivity contribution in [1.29, 1.82) is 0 Å². The molecule has 3 rings (SSSR count). The van der Waals surface area contributed by atoms with Crippen molar-refractivity contribution < 1.29 is 4.79 Å². The topological polar surface area (TPSA) is 46.9 Å². The summed E-state index contributed by atoms with van der Waals surface area (Å²) in [5.41, 5.74) is 1.42. The smallest absolute Gasteiger partial charge is 0.256 e. The average molecular weight is 460 g/mol. The van der Waals surface area contributed by atoms with Crippen molar-refractivity contribution >= 4 is 62.5 Å². The zero-order valence-electron chi connectivity index (χ0n) is 12.6. The van der Waals surface area contributed by atoms with E-state index in [1.165, 1.54) is 0 Å². The number of halogens is 4. The summed E-state index contributed by atoms with van der Waals surface area (Å²) in [5, 5.41) is 8.33. The summed E-state index contributed by atoms with van der Waals surface area (Å²) in [5.74, 6) is 0.00897. The van der Waals surface area contributed by atoms with E-state index in [1.807, 2.05) is 12.1 Å². The summed E-state index contributed by atoms with van der Waals surface area (Å²) in [6.07, 6.45) is 1.64. The lowest BCUT2D eigenvalue weighted by atomic mass is 10.2. The van der Waals surface area contributed by atoms with E-state index in [9.17, 15) is 4.79 Å². The predicted octanol–water partition coefficient (Wildman–Crippen LogP) is 5.91. The number of benzene rings is 2. The summed E-state index contributed by atoms with van der Waals surface area (Å²) in [6.45, 7) is 0.448. The average Bonchev–Trinajstić information content (AvgIpc) is 2.90. The van der Waals surface area contributed by atoms with Gasteiger partial charge in [-0.25, -0.2) is 0 Å². The molecule has 128 valence electrons. The number of amides is 1. The van der Waals surface area contributed by atoms with Crippen molar-refractivity contribution in [2.75, 3.05) is 5.32 Å². The van der Waals surface area contributed by atoms with Crippen LogP contribution in [-0.2, 0) is 6.54 Å². The lowest BCUT2D eigenvalue weighted by Gasteiger charge is -2.04. The minimum Gasteiger partial charge on any atom is -0.304 e. The Morgan fingerprint density at radius 2 is 1.88 bits per heavy atom. The van der Waals surface area contributed by atoms with Crippen LogP contribution in [0, 0.1) is 0 Å². The molecule has 0 atom stereocenters. The quantitative estimate of drug-likeness (QED) is 0.528. The molecular weight excluding hydrogens is 448 g/mol. The fraction of sp³-hybridized carbons (Fsp3) is 0.0588. The first kappa shape index (κ1) is 18.3. The highest BCUT2D eigenvalue weighted by molar-refractivity contribution is 9.10. The fourth-order valence-electron chi connectivity index (χ4n) is 2.20. The Bertz CT molecular complexity index is 943. The molecule has 2 aromatic carbocycles. The molecule has 1 heterocycles. The largest absolute Gasteiger partial charge is 0.304 e. The number of hydrogen-bond donors (Lipinski definition) is 1. The van der Waals surface area contributed by atoms with E-state index in [2.05, 4.69) is 26.3 Å². The number of anilines is 1. The Morgan fingerprint density at radius 1 is 1.08 bits per heavy atom. The number of carbonyl (C=O) groups excluding carboxylic acids is 1. The molecule has 0 aliphatic heterocycles. The van der Waals surface area contributed by atoms with Crippen molar-refractivity contribution in [3.05, 3.63) is 79.3 Å².